The van der Waals surface area contributed by atoms with Gasteiger partial charge < -0.3 is 10.2 Å². The van der Waals surface area contributed by atoms with Crippen LogP contribution in [0.25, 0.3) is 0 Å². The van der Waals surface area contributed by atoms with Crippen LogP contribution in [0.2, 0.25) is 10.0 Å². The number of nitrogens with one attached hydrogen (secondary N) is 1. The molecule has 0 saturated heterocycles. The van der Waals surface area contributed by atoms with E-state index in [0.717, 1.165) is 16.4 Å². The molecule has 10 nitrogen and oxygen atoms in total. The molecule has 3 aromatic carbocycles. The summed E-state index contributed by atoms with van der Waals surface area (Å²) in [5.41, 5.74) is -0.218. The van der Waals surface area contributed by atoms with E-state index >= 15 is 0 Å². The van der Waals surface area contributed by atoms with E-state index in [-0.39, 0.29) is 34.3 Å². The molecule has 0 aromatic heterocycles. The van der Waals surface area contributed by atoms with Crippen LogP contribution in [0.5, 0.6) is 0 Å². The molecule has 0 radical (unpaired) electrons. The molecule has 0 aliphatic carbocycles. The fourth-order valence-electron chi connectivity index (χ4n) is 4.20. The Kier molecular flexibility index (Phi) is 10.6. The first kappa shape index (κ1) is 32.8. The predicted molar refractivity (Wildman–Crippen MR) is 163 cm³/mol. The molecular weight excluding hydrogens is 603 g/mol. The molecule has 224 valence electrons. The summed E-state index contributed by atoms with van der Waals surface area (Å²) in [4.78, 5) is 39.3. The van der Waals surface area contributed by atoms with Gasteiger partial charge >= 0.3 is 0 Å². The summed E-state index contributed by atoms with van der Waals surface area (Å²) in [6.07, 6.45) is 0.234. The van der Waals surface area contributed by atoms with Crippen molar-refractivity contribution in [2.45, 2.75) is 57.1 Å². The molecule has 0 bridgehead atoms. The molecule has 3 aromatic rings. The maximum absolute atomic E-state index is 14.1. The normalized spacial score (nSPS) is 12.3. The third-order valence-corrected chi connectivity index (χ3v) is 8.71. The number of nitrogens with zero attached hydrogens (tertiary/aromatic N) is 3. The Morgan fingerprint density at radius 2 is 1.60 bits per heavy atom. The Morgan fingerprint density at radius 3 is 2.12 bits per heavy atom. The van der Waals surface area contributed by atoms with Gasteiger partial charge in [-0.3, -0.25) is 24.0 Å². The minimum Gasteiger partial charge on any atom is -0.350 e. The molecule has 0 aliphatic heterocycles. The van der Waals surface area contributed by atoms with Crippen molar-refractivity contribution in [2.75, 3.05) is 10.8 Å². The number of halogens is 2. The third kappa shape index (κ3) is 8.21. The number of non-ortho nitro benzene ring substituents is 1. The molecule has 3 rings (SSSR count). The lowest BCUT2D eigenvalue weighted by atomic mass is 10.1. The number of hydrogen-bond acceptors (Lipinski definition) is 6. The number of nitro groups is 1. The number of amides is 2. The number of benzene rings is 3. The number of hydrogen-bond donors (Lipinski definition) is 1. The monoisotopic (exact) mass is 634 g/mol. The van der Waals surface area contributed by atoms with Crippen molar-refractivity contribution < 1.29 is 22.9 Å². The van der Waals surface area contributed by atoms with Crippen molar-refractivity contribution in [2.24, 2.45) is 0 Å². The number of carbonyl (C=O) groups is 2. The lowest BCUT2D eigenvalue weighted by Crippen LogP contribution is -2.55. The van der Waals surface area contributed by atoms with Crippen molar-refractivity contribution in [3.8, 4) is 0 Å². The van der Waals surface area contributed by atoms with Gasteiger partial charge in [-0.25, -0.2) is 8.42 Å². The number of anilines is 1. The van der Waals surface area contributed by atoms with E-state index in [1.165, 1.54) is 29.2 Å². The van der Waals surface area contributed by atoms with Gasteiger partial charge in [-0.05, 0) is 69.2 Å². The first-order chi connectivity index (χ1) is 19.6. The Labute approximate surface area is 255 Å². The van der Waals surface area contributed by atoms with Crippen molar-refractivity contribution in [1.82, 2.24) is 10.2 Å². The van der Waals surface area contributed by atoms with Gasteiger partial charge in [-0.1, -0.05) is 54.4 Å². The van der Waals surface area contributed by atoms with Gasteiger partial charge in [0, 0.05) is 24.2 Å². The fraction of sp³-hybridized carbons (Fsp3) is 0.310. The van der Waals surface area contributed by atoms with E-state index in [1.807, 2.05) is 20.8 Å². The number of nitro benzene ring substituents is 1. The molecule has 2 amide bonds. The first-order valence-electron chi connectivity index (χ1n) is 13.0. The van der Waals surface area contributed by atoms with Gasteiger partial charge in [0.2, 0.25) is 11.8 Å². The van der Waals surface area contributed by atoms with E-state index < -0.39 is 44.9 Å². The van der Waals surface area contributed by atoms with Gasteiger partial charge in [-0.2, -0.15) is 0 Å². The Balaban J connectivity index is 2.09. The lowest BCUT2D eigenvalue weighted by Gasteiger charge is -2.34. The molecule has 0 aliphatic rings. The van der Waals surface area contributed by atoms with Gasteiger partial charge in [0.15, 0.2) is 0 Å². The highest BCUT2D eigenvalue weighted by molar-refractivity contribution is 7.92. The zero-order valence-electron chi connectivity index (χ0n) is 23.6. The van der Waals surface area contributed by atoms with Crippen molar-refractivity contribution >= 4 is 56.4 Å². The van der Waals surface area contributed by atoms with Gasteiger partial charge in [0.1, 0.15) is 12.6 Å². The van der Waals surface area contributed by atoms with Crippen LogP contribution >= 0.6 is 23.2 Å². The fourth-order valence-corrected chi connectivity index (χ4v) is 5.95. The highest BCUT2D eigenvalue weighted by Gasteiger charge is 2.34. The van der Waals surface area contributed by atoms with E-state index in [1.54, 1.807) is 43.3 Å². The molecule has 1 atom stereocenters. The average molecular weight is 636 g/mol. The summed E-state index contributed by atoms with van der Waals surface area (Å²) >= 11 is 12.3. The largest absolute Gasteiger partial charge is 0.350 e. The summed E-state index contributed by atoms with van der Waals surface area (Å²) in [6, 6.07) is 16.2. The lowest BCUT2D eigenvalue weighted by molar-refractivity contribution is -0.384. The van der Waals surface area contributed by atoms with E-state index in [2.05, 4.69) is 5.32 Å². The zero-order chi connectivity index (χ0) is 31.2. The van der Waals surface area contributed by atoms with Crippen LogP contribution in [0.15, 0.2) is 77.7 Å². The Bertz CT molecular complexity index is 1540. The van der Waals surface area contributed by atoms with Crippen LogP contribution in [-0.2, 0) is 26.2 Å². The van der Waals surface area contributed by atoms with Crippen molar-refractivity contribution in [1.29, 1.82) is 0 Å². The number of rotatable bonds is 11. The second kappa shape index (κ2) is 13.5. The highest BCUT2D eigenvalue weighted by Crippen LogP contribution is 2.28. The summed E-state index contributed by atoms with van der Waals surface area (Å²) in [5.74, 6) is -1.08. The first-order valence-corrected chi connectivity index (χ1v) is 15.2. The standard InChI is InChI=1S/C29H32Cl2N4O6S/c1-5-26(28(37)32-29(2,3)4)33(18-20-11-16-24(30)25(31)17-20)27(36)19-34(21-12-14-22(15-13-21)35(38)39)42(40,41)23-9-7-6-8-10-23/h6-17,26H,5,18-19H2,1-4H3,(H,32,37). The zero-order valence-corrected chi connectivity index (χ0v) is 25.9. The number of carbonyl (C=O) groups excluding carboxylic acids is 2. The average Bonchev–Trinajstić information content (AvgIpc) is 2.93. The third-order valence-electron chi connectivity index (χ3n) is 6.18. The van der Waals surface area contributed by atoms with Crippen LogP contribution in [-0.4, -0.2) is 48.2 Å². The topological polar surface area (TPSA) is 130 Å². The summed E-state index contributed by atoms with van der Waals surface area (Å²) in [6.45, 7) is 6.43. The van der Waals surface area contributed by atoms with Crippen molar-refractivity contribution in [3.05, 3.63) is 98.5 Å². The molecule has 0 fully saturated rings. The smallest absolute Gasteiger partial charge is 0.269 e. The van der Waals surface area contributed by atoms with Crippen LogP contribution < -0.4 is 9.62 Å². The minimum atomic E-state index is -4.31. The predicted octanol–water partition coefficient (Wildman–Crippen LogP) is 5.82. The van der Waals surface area contributed by atoms with Crippen LogP contribution in [0, 0.1) is 10.1 Å². The molecule has 0 spiro atoms. The summed E-state index contributed by atoms with van der Waals surface area (Å²) in [5, 5.41) is 14.7. The van der Waals surface area contributed by atoms with Gasteiger partial charge in [0.05, 0.1) is 25.6 Å². The van der Waals surface area contributed by atoms with Crippen LogP contribution in [0.3, 0.4) is 0 Å². The molecule has 0 saturated carbocycles. The van der Waals surface area contributed by atoms with Crippen LogP contribution in [0.4, 0.5) is 11.4 Å². The molecule has 0 heterocycles. The van der Waals surface area contributed by atoms with E-state index in [0.29, 0.717) is 10.6 Å². The second-order valence-corrected chi connectivity index (χ2v) is 13.2. The maximum Gasteiger partial charge on any atom is 0.269 e. The molecule has 1 unspecified atom stereocenters. The summed E-state index contributed by atoms with van der Waals surface area (Å²) < 4.78 is 28.5. The van der Waals surface area contributed by atoms with E-state index in [9.17, 15) is 28.1 Å². The number of sulfonamides is 1. The molecule has 42 heavy (non-hydrogen) atoms. The second-order valence-electron chi connectivity index (χ2n) is 10.5. The summed E-state index contributed by atoms with van der Waals surface area (Å²) in [7, 11) is -4.31. The molecular formula is C29H32Cl2N4O6S. The van der Waals surface area contributed by atoms with Crippen molar-refractivity contribution in [3.63, 3.8) is 0 Å². The highest BCUT2D eigenvalue weighted by atomic mass is 35.5. The van der Waals surface area contributed by atoms with Gasteiger partial charge in [0.25, 0.3) is 15.7 Å². The Morgan fingerprint density at radius 1 is 0.976 bits per heavy atom. The minimum absolute atomic E-state index is 0.0412. The SMILES string of the molecule is CCC(C(=O)NC(C)(C)C)N(Cc1ccc(Cl)c(Cl)c1)C(=O)CN(c1ccc([N+](=O)[O-])cc1)S(=O)(=O)c1ccccc1. The van der Waals surface area contributed by atoms with E-state index in [4.69, 9.17) is 23.2 Å². The van der Waals surface area contributed by atoms with Gasteiger partial charge in [-0.15, -0.1) is 0 Å². The quantitative estimate of drug-likeness (QED) is 0.209. The molecule has 13 heteroatoms. The maximum atomic E-state index is 14.1. The molecule has 1 N–H and O–H groups in total. The Hall–Kier alpha value is -3.67. The van der Waals surface area contributed by atoms with Crippen LogP contribution in [0.1, 0.15) is 39.7 Å².